The molecule has 3 aromatic rings. The molecule has 1 amide bonds. The number of amides is 1. The number of benzene rings is 2. The summed E-state index contributed by atoms with van der Waals surface area (Å²) in [6.07, 6.45) is 1.37. The number of carbonyl (C=O) groups is 2. The van der Waals surface area contributed by atoms with E-state index in [1.807, 2.05) is 54.6 Å². The van der Waals surface area contributed by atoms with Crippen LogP contribution in [0.5, 0.6) is 11.5 Å². The molecule has 1 aromatic heterocycles. The van der Waals surface area contributed by atoms with Crippen LogP contribution in [0.15, 0.2) is 60.8 Å². The van der Waals surface area contributed by atoms with E-state index in [1.165, 1.54) is 0 Å². The van der Waals surface area contributed by atoms with Crippen molar-refractivity contribution in [1.29, 1.82) is 0 Å². The SMILES string of the molecule is CCOC(=O)CC(=O)N(Cc1ccc2c(c1)OCO2)Cc1ccnn1-c1ccccc1. The fourth-order valence-electron chi connectivity index (χ4n) is 3.39. The third-order valence-corrected chi connectivity index (χ3v) is 4.84. The number of fused-ring (bicyclic) bond motifs is 1. The fourth-order valence-corrected chi connectivity index (χ4v) is 3.39. The minimum atomic E-state index is -0.542. The number of esters is 1. The number of para-hydroxylation sites is 1. The molecule has 0 N–H and O–H groups in total. The summed E-state index contributed by atoms with van der Waals surface area (Å²) in [5.74, 6) is 0.455. The Balaban J connectivity index is 1.58. The van der Waals surface area contributed by atoms with E-state index in [2.05, 4.69) is 5.10 Å². The van der Waals surface area contributed by atoms with E-state index >= 15 is 0 Å². The minimum Gasteiger partial charge on any atom is -0.466 e. The highest BCUT2D eigenvalue weighted by Crippen LogP contribution is 2.33. The molecule has 0 saturated heterocycles. The molecule has 0 aliphatic carbocycles. The molecule has 1 aliphatic heterocycles. The lowest BCUT2D eigenvalue weighted by Gasteiger charge is -2.23. The van der Waals surface area contributed by atoms with E-state index in [1.54, 1.807) is 22.7 Å². The predicted octanol–water partition coefficient (Wildman–Crippen LogP) is 3.08. The molecule has 8 heteroatoms. The Hall–Kier alpha value is -3.81. The Morgan fingerprint density at radius 1 is 1.06 bits per heavy atom. The molecule has 0 bridgehead atoms. The first-order chi connectivity index (χ1) is 15.1. The van der Waals surface area contributed by atoms with Gasteiger partial charge in [-0.3, -0.25) is 9.59 Å². The van der Waals surface area contributed by atoms with Crippen LogP contribution < -0.4 is 9.47 Å². The molecule has 1 aliphatic rings. The zero-order chi connectivity index (χ0) is 21.6. The third kappa shape index (κ3) is 4.85. The van der Waals surface area contributed by atoms with E-state index in [4.69, 9.17) is 14.2 Å². The average molecular weight is 421 g/mol. The van der Waals surface area contributed by atoms with Crippen LogP contribution in [0.2, 0.25) is 0 Å². The van der Waals surface area contributed by atoms with Gasteiger partial charge in [-0.05, 0) is 42.8 Å². The van der Waals surface area contributed by atoms with Gasteiger partial charge in [0, 0.05) is 12.7 Å². The van der Waals surface area contributed by atoms with Gasteiger partial charge in [0.25, 0.3) is 0 Å². The van der Waals surface area contributed by atoms with Crippen LogP contribution in [0.1, 0.15) is 24.6 Å². The molecule has 0 atom stereocenters. The van der Waals surface area contributed by atoms with Gasteiger partial charge in [0.1, 0.15) is 6.42 Å². The number of hydrogen-bond acceptors (Lipinski definition) is 6. The lowest BCUT2D eigenvalue weighted by Crippen LogP contribution is -2.32. The topological polar surface area (TPSA) is 82.9 Å². The van der Waals surface area contributed by atoms with Crippen LogP contribution in [0.25, 0.3) is 5.69 Å². The van der Waals surface area contributed by atoms with Gasteiger partial charge in [0.2, 0.25) is 12.7 Å². The van der Waals surface area contributed by atoms with E-state index in [0.29, 0.717) is 18.0 Å². The first-order valence-electron chi connectivity index (χ1n) is 10.0. The molecule has 0 saturated carbocycles. The summed E-state index contributed by atoms with van der Waals surface area (Å²) < 4.78 is 17.5. The summed E-state index contributed by atoms with van der Waals surface area (Å²) in [4.78, 5) is 26.5. The second kappa shape index (κ2) is 9.34. The Kier molecular flexibility index (Phi) is 6.16. The minimum absolute atomic E-state index is 0.181. The van der Waals surface area contributed by atoms with E-state index < -0.39 is 5.97 Å². The molecule has 0 spiro atoms. The lowest BCUT2D eigenvalue weighted by atomic mass is 10.1. The molecule has 0 fully saturated rings. The number of ether oxygens (including phenoxy) is 3. The Morgan fingerprint density at radius 2 is 1.87 bits per heavy atom. The summed E-state index contributed by atoms with van der Waals surface area (Å²) in [7, 11) is 0. The molecule has 0 unspecified atom stereocenters. The van der Waals surface area contributed by atoms with Crippen LogP contribution in [0.4, 0.5) is 0 Å². The average Bonchev–Trinajstić information content (AvgIpc) is 3.43. The van der Waals surface area contributed by atoms with Crippen molar-refractivity contribution in [3.8, 4) is 17.2 Å². The number of rotatable bonds is 8. The van der Waals surface area contributed by atoms with Crippen LogP contribution in [0, 0.1) is 0 Å². The van der Waals surface area contributed by atoms with Crippen molar-refractivity contribution < 1.29 is 23.8 Å². The molecule has 160 valence electrons. The molecule has 31 heavy (non-hydrogen) atoms. The van der Waals surface area contributed by atoms with Crippen molar-refractivity contribution in [2.45, 2.75) is 26.4 Å². The zero-order valence-corrected chi connectivity index (χ0v) is 17.2. The highest BCUT2D eigenvalue weighted by Gasteiger charge is 2.22. The normalized spacial score (nSPS) is 11.9. The van der Waals surface area contributed by atoms with Crippen molar-refractivity contribution in [1.82, 2.24) is 14.7 Å². The molecular weight excluding hydrogens is 398 g/mol. The van der Waals surface area contributed by atoms with Crippen molar-refractivity contribution in [3.05, 3.63) is 72.1 Å². The Morgan fingerprint density at radius 3 is 2.68 bits per heavy atom. The van der Waals surface area contributed by atoms with Gasteiger partial charge in [0.15, 0.2) is 11.5 Å². The molecule has 2 aromatic carbocycles. The predicted molar refractivity (Wildman–Crippen MR) is 112 cm³/mol. The number of carbonyl (C=O) groups excluding carboxylic acids is 2. The number of hydrogen-bond donors (Lipinski definition) is 0. The van der Waals surface area contributed by atoms with Crippen LogP contribution in [-0.2, 0) is 27.4 Å². The third-order valence-electron chi connectivity index (χ3n) is 4.84. The summed E-state index contributed by atoms with van der Waals surface area (Å²) in [6.45, 7) is 2.71. The molecule has 0 radical (unpaired) electrons. The van der Waals surface area contributed by atoms with Crippen LogP contribution in [-0.4, -0.2) is 40.0 Å². The van der Waals surface area contributed by atoms with Gasteiger partial charge in [-0.1, -0.05) is 24.3 Å². The first-order valence-corrected chi connectivity index (χ1v) is 10.0. The molecule has 2 heterocycles. The van der Waals surface area contributed by atoms with E-state index in [9.17, 15) is 9.59 Å². The molecular formula is C23H23N3O5. The highest BCUT2D eigenvalue weighted by molar-refractivity contribution is 5.94. The largest absolute Gasteiger partial charge is 0.466 e. The van der Waals surface area contributed by atoms with Gasteiger partial charge in [-0.25, -0.2) is 4.68 Å². The summed E-state index contributed by atoms with van der Waals surface area (Å²) >= 11 is 0. The van der Waals surface area contributed by atoms with Crippen molar-refractivity contribution in [3.63, 3.8) is 0 Å². The quantitative estimate of drug-likeness (QED) is 0.411. The maximum absolute atomic E-state index is 13.0. The maximum Gasteiger partial charge on any atom is 0.315 e. The van der Waals surface area contributed by atoms with Crippen molar-refractivity contribution in [2.24, 2.45) is 0 Å². The first kappa shape index (κ1) is 20.5. The monoisotopic (exact) mass is 421 g/mol. The summed E-state index contributed by atoms with van der Waals surface area (Å²) in [5.41, 5.74) is 2.58. The van der Waals surface area contributed by atoms with Crippen molar-refractivity contribution in [2.75, 3.05) is 13.4 Å². The molecule has 4 rings (SSSR count). The number of aromatic nitrogens is 2. The highest BCUT2D eigenvalue weighted by atomic mass is 16.7. The van der Waals surface area contributed by atoms with Crippen LogP contribution >= 0.6 is 0 Å². The van der Waals surface area contributed by atoms with E-state index in [-0.39, 0.29) is 32.3 Å². The van der Waals surface area contributed by atoms with Crippen LogP contribution in [0.3, 0.4) is 0 Å². The Labute approximate surface area is 179 Å². The lowest BCUT2D eigenvalue weighted by molar-refractivity contribution is -0.149. The second-order valence-corrected chi connectivity index (χ2v) is 6.99. The standard InChI is InChI=1S/C23H23N3O5/c1-2-29-23(28)13-22(27)25(14-17-8-9-20-21(12-17)31-16-30-20)15-19-10-11-24-26(19)18-6-4-3-5-7-18/h3-12H,2,13-16H2,1H3. The van der Waals surface area contributed by atoms with Gasteiger partial charge < -0.3 is 19.1 Å². The smallest absolute Gasteiger partial charge is 0.315 e. The van der Waals surface area contributed by atoms with E-state index in [0.717, 1.165) is 16.9 Å². The van der Waals surface area contributed by atoms with Crippen molar-refractivity contribution >= 4 is 11.9 Å². The second-order valence-electron chi connectivity index (χ2n) is 6.99. The van der Waals surface area contributed by atoms with Gasteiger partial charge in [-0.2, -0.15) is 5.10 Å². The Bertz CT molecular complexity index is 1060. The molecule has 8 nitrogen and oxygen atoms in total. The van der Waals surface area contributed by atoms with Gasteiger partial charge in [-0.15, -0.1) is 0 Å². The maximum atomic E-state index is 13.0. The number of nitrogens with zero attached hydrogens (tertiary/aromatic N) is 3. The van der Waals surface area contributed by atoms with Gasteiger partial charge in [0.05, 0.1) is 24.5 Å². The fraction of sp³-hybridized carbons (Fsp3) is 0.261. The zero-order valence-electron chi connectivity index (χ0n) is 17.2. The van der Waals surface area contributed by atoms with Gasteiger partial charge >= 0.3 is 5.97 Å². The summed E-state index contributed by atoms with van der Waals surface area (Å²) in [6, 6.07) is 17.1. The summed E-state index contributed by atoms with van der Waals surface area (Å²) in [5, 5.41) is 4.39.